The van der Waals surface area contributed by atoms with Crippen LogP contribution in [0, 0.1) is 6.92 Å². The minimum atomic E-state index is -2.98. The molecule has 0 bridgehead atoms. The molecular weight excluding hydrogens is 366 g/mol. The van der Waals surface area contributed by atoms with E-state index in [-0.39, 0.29) is 17.4 Å². The van der Waals surface area contributed by atoms with Gasteiger partial charge < -0.3 is 20.1 Å². The molecule has 0 saturated heterocycles. The van der Waals surface area contributed by atoms with Gasteiger partial charge in [0.15, 0.2) is 11.5 Å². The molecule has 1 amide bonds. The van der Waals surface area contributed by atoms with Crippen molar-refractivity contribution < 1.29 is 23.0 Å². The Bertz CT molecular complexity index is 787. The molecule has 2 aromatic rings. The van der Waals surface area contributed by atoms with E-state index in [1.807, 2.05) is 6.92 Å². The first-order chi connectivity index (χ1) is 12.3. The predicted octanol–water partition coefficient (Wildman–Crippen LogP) is 4.70. The van der Waals surface area contributed by atoms with E-state index in [1.165, 1.54) is 19.2 Å². The number of alkyl halides is 2. The quantitative estimate of drug-likeness (QED) is 0.726. The number of amides is 1. The highest BCUT2D eigenvalue weighted by Gasteiger charge is 2.16. The summed E-state index contributed by atoms with van der Waals surface area (Å²) in [4.78, 5) is 12.4. The molecule has 2 aromatic carbocycles. The van der Waals surface area contributed by atoms with Crippen molar-refractivity contribution >= 4 is 28.9 Å². The Morgan fingerprint density at radius 3 is 2.54 bits per heavy atom. The molecular formula is C18H19ClF2N2O3. The second-order valence-electron chi connectivity index (χ2n) is 5.56. The number of rotatable bonds is 7. The Labute approximate surface area is 155 Å². The van der Waals surface area contributed by atoms with Gasteiger partial charge in [0.2, 0.25) is 5.91 Å². The third kappa shape index (κ3) is 5.23. The number of hydrogen-bond acceptors (Lipinski definition) is 4. The van der Waals surface area contributed by atoms with Gasteiger partial charge in [-0.3, -0.25) is 4.79 Å². The van der Waals surface area contributed by atoms with Crippen LogP contribution in [0.1, 0.15) is 12.5 Å². The maximum absolute atomic E-state index is 12.5. The molecule has 0 saturated carbocycles. The second kappa shape index (κ2) is 8.71. The smallest absolute Gasteiger partial charge is 0.387 e. The molecule has 0 fully saturated rings. The fraction of sp³-hybridized carbons (Fsp3) is 0.278. The third-order valence-electron chi connectivity index (χ3n) is 3.61. The number of benzene rings is 2. The first-order valence-electron chi connectivity index (χ1n) is 7.76. The Morgan fingerprint density at radius 1 is 1.15 bits per heavy atom. The second-order valence-corrected chi connectivity index (χ2v) is 6.00. The molecule has 140 valence electrons. The average molecular weight is 385 g/mol. The summed E-state index contributed by atoms with van der Waals surface area (Å²) in [6, 6.07) is 8.98. The Morgan fingerprint density at radius 2 is 1.88 bits per heavy atom. The minimum absolute atomic E-state index is 0.120. The average Bonchev–Trinajstić information content (AvgIpc) is 2.57. The van der Waals surface area contributed by atoms with E-state index in [4.69, 9.17) is 16.3 Å². The van der Waals surface area contributed by atoms with Crippen LogP contribution in [0.2, 0.25) is 5.02 Å². The van der Waals surface area contributed by atoms with Gasteiger partial charge in [-0.2, -0.15) is 8.78 Å². The van der Waals surface area contributed by atoms with E-state index in [9.17, 15) is 13.6 Å². The SMILES string of the molecule is COc1ccc(NC(C)C(=O)Nc2cc(Cl)ccc2C)cc1OC(F)F. The zero-order valence-corrected chi connectivity index (χ0v) is 15.2. The molecule has 2 N–H and O–H groups in total. The molecule has 0 aliphatic carbocycles. The lowest BCUT2D eigenvalue weighted by atomic mass is 10.2. The summed E-state index contributed by atoms with van der Waals surface area (Å²) in [6.45, 7) is 0.514. The van der Waals surface area contributed by atoms with E-state index in [1.54, 1.807) is 31.2 Å². The maximum Gasteiger partial charge on any atom is 0.387 e. The summed E-state index contributed by atoms with van der Waals surface area (Å²) in [5, 5.41) is 6.22. The van der Waals surface area contributed by atoms with Crippen LogP contribution in [0.4, 0.5) is 20.2 Å². The molecule has 0 spiro atoms. The van der Waals surface area contributed by atoms with Gasteiger partial charge in [0.1, 0.15) is 6.04 Å². The Kier molecular flexibility index (Phi) is 6.63. The van der Waals surface area contributed by atoms with Gasteiger partial charge in [0.05, 0.1) is 7.11 Å². The molecule has 1 unspecified atom stereocenters. The van der Waals surface area contributed by atoms with Crippen LogP contribution in [-0.4, -0.2) is 25.7 Å². The van der Waals surface area contributed by atoms with Crippen molar-refractivity contribution in [3.8, 4) is 11.5 Å². The van der Waals surface area contributed by atoms with Gasteiger partial charge in [0, 0.05) is 22.5 Å². The largest absolute Gasteiger partial charge is 0.493 e. The molecule has 0 heterocycles. The standard InChI is InChI=1S/C18H19ClF2N2O3/c1-10-4-5-12(19)8-14(10)23-17(24)11(2)22-13-6-7-15(25-3)16(9-13)26-18(20)21/h4-9,11,18,22H,1-3H3,(H,23,24). The minimum Gasteiger partial charge on any atom is -0.493 e. The lowest BCUT2D eigenvalue weighted by molar-refractivity contribution is -0.116. The summed E-state index contributed by atoms with van der Waals surface area (Å²) >= 11 is 5.94. The van der Waals surface area contributed by atoms with Gasteiger partial charge in [-0.1, -0.05) is 17.7 Å². The third-order valence-corrected chi connectivity index (χ3v) is 3.85. The molecule has 1 atom stereocenters. The molecule has 8 heteroatoms. The number of carbonyl (C=O) groups is 1. The van der Waals surface area contributed by atoms with Crippen molar-refractivity contribution in [1.82, 2.24) is 0 Å². The number of ether oxygens (including phenoxy) is 2. The van der Waals surface area contributed by atoms with Gasteiger partial charge in [-0.25, -0.2) is 0 Å². The van der Waals surface area contributed by atoms with Crippen molar-refractivity contribution in [3.63, 3.8) is 0 Å². The number of anilines is 2. The van der Waals surface area contributed by atoms with Gasteiger partial charge in [-0.05, 0) is 43.7 Å². The van der Waals surface area contributed by atoms with E-state index < -0.39 is 12.7 Å². The van der Waals surface area contributed by atoms with Crippen molar-refractivity contribution in [2.45, 2.75) is 26.5 Å². The van der Waals surface area contributed by atoms with Gasteiger partial charge >= 0.3 is 6.61 Å². The fourth-order valence-corrected chi connectivity index (χ4v) is 2.41. The molecule has 26 heavy (non-hydrogen) atoms. The summed E-state index contributed by atoms with van der Waals surface area (Å²) in [6.07, 6.45) is 0. The number of aryl methyl sites for hydroxylation is 1. The maximum atomic E-state index is 12.5. The fourth-order valence-electron chi connectivity index (χ4n) is 2.24. The van der Waals surface area contributed by atoms with Crippen LogP contribution in [0.25, 0.3) is 0 Å². The first-order valence-corrected chi connectivity index (χ1v) is 8.14. The lowest BCUT2D eigenvalue weighted by Gasteiger charge is -2.18. The summed E-state index contributed by atoms with van der Waals surface area (Å²) in [5.41, 5.74) is 1.91. The van der Waals surface area contributed by atoms with E-state index in [2.05, 4.69) is 15.4 Å². The highest BCUT2D eigenvalue weighted by molar-refractivity contribution is 6.31. The number of hydrogen-bond donors (Lipinski definition) is 2. The monoisotopic (exact) mass is 384 g/mol. The van der Waals surface area contributed by atoms with Crippen molar-refractivity contribution in [1.29, 1.82) is 0 Å². The Balaban J connectivity index is 2.09. The topological polar surface area (TPSA) is 59.6 Å². The summed E-state index contributed by atoms with van der Waals surface area (Å²) < 4.78 is 34.4. The molecule has 5 nitrogen and oxygen atoms in total. The van der Waals surface area contributed by atoms with Crippen LogP contribution >= 0.6 is 11.6 Å². The molecule has 2 rings (SSSR count). The number of methoxy groups -OCH3 is 1. The van der Waals surface area contributed by atoms with Crippen LogP contribution in [0.5, 0.6) is 11.5 Å². The zero-order valence-electron chi connectivity index (χ0n) is 14.5. The highest BCUT2D eigenvalue weighted by atomic mass is 35.5. The van der Waals surface area contributed by atoms with E-state index in [0.717, 1.165) is 5.56 Å². The number of halogens is 3. The van der Waals surface area contributed by atoms with Crippen molar-refractivity contribution in [2.24, 2.45) is 0 Å². The van der Waals surface area contributed by atoms with Crippen LogP contribution in [-0.2, 0) is 4.79 Å². The molecule has 0 aliphatic rings. The first kappa shape index (κ1) is 19.8. The van der Waals surface area contributed by atoms with Crippen LogP contribution < -0.4 is 20.1 Å². The summed E-state index contributed by atoms with van der Waals surface area (Å²) in [7, 11) is 1.35. The summed E-state index contributed by atoms with van der Waals surface area (Å²) in [5.74, 6) is -0.254. The Hall–Kier alpha value is -2.54. The van der Waals surface area contributed by atoms with Gasteiger partial charge in [0.25, 0.3) is 0 Å². The van der Waals surface area contributed by atoms with E-state index in [0.29, 0.717) is 16.4 Å². The van der Waals surface area contributed by atoms with Crippen molar-refractivity contribution in [3.05, 3.63) is 47.0 Å². The number of carbonyl (C=O) groups excluding carboxylic acids is 1. The van der Waals surface area contributed by atoms with Gasteiger partial charge in [-0.15, -0.1) is 0 Å². The van der Waals surface area contributed by atoms with Crippen LogP contribution in [0.15, 0.2) is 36.4 Å². The van der Waals surface area contributed by atoms with Crippen molar-refractivity contribution in [2.75, 3.05) is 17.7 Å². The molecule has 0 aromatic heterocycles. The normalized spacial score (nSPS) is 11.8. The number of nitrogens with one attached hydrogen (secondary N) is 2. The lowest BCUT2D eigenvalue weighted by Crippen LogP contribution is -2.32. The molecule has 0 aliphatic heterocycles. The predicted molar refractivity (Wildman–Crippen MR) is 97.5 cm³/mol. The zero-order chi connectivity index (χ0) is 19.3. The van der Waals surface area contributed by atoms with E-state index >= 15 is 0 Å². The van der Waals surface area contributed by atoms with Crippen LogP contribution in [0.3, 0.4) is 0 Å². The molecule has 0 radical (unpaired) electrons. The highest BCUT2D eigenvalue weighted by Crippen LogP contribution is 2.31.